The average Bonchev–Trinajstić information content (AvgIpc) is 3.00. The number of carbonyl (C=O) groups is 1. The van der Waals surface area contributed by atoms with Gasteiger partial charge in [-0.1, -0.05) is 5.16 Å². The van der Waals surface area contributed by atoms with Crippen molar-refractivity contribution in [1.29, 1.82) is 0 Å². The van der Waals surface area contributed by atoms with Crippen LogP contribution in [0.5, 0.6) is 5.75 Å². The van der Waals surface area contributed by atoms with Crippen LogP contribution < -0.4 is 15.8 Å². The molecule has 0 aromatic heterocycles. The number of anilines is 1. The molecule has 1 aromatic rings. The number of ether oxygens (including phenoxy) is 1. The zero-order valence-corrected chi connectivity index (χ0v) is 11.7. The molecule has 6 nitrogen and oxygen atoms in total. The third-order valence-electron chi connectivity index (χ3n) is 2.86. The maximum atomic E-state index is 11.9. The van der Waals surface area contributed by atoms with Crippen molar-refractivity contribution in [2.45, 2.75) is 18.1 Å². The number of carbonyl (C=O) groups excluding carboxylic acids is 1. The number of nitrogens with one attached hydrogen (secondary N) is 1. The van der Waals surface area contributed by atoms with Gasteiger partial charge in [-0.2, -0.15) is 0 Å². The normalized spacial score (nSPS) is 18.8. The van der Waals surface area contributed by atoms with Crippen molar-refractivity contribution in [1.82, 2.24) is 0 Å². The highest BCUT2D eigenvalue weighted by molar-refractivity contribution is 8.00. The quantitative estimate of drug-likeness (QED) is 0.332. The second-order valence-corrected chi connectivity index (χ2v) is 5.71. The van der Waals surface area contributed by atoms with Gasteiger partial charge >= 0.3 is 0 Å². The second kappa shape index (κ2) is 7.04. The average molecular weight is 295 g/mol. The number of nitrogens with two attached hydrogens (primary N) is 1. The Hall–Kier alpha value is -1.89. The molecule has 2 rings (SSSR count). The molecular weight excluding hydrogens is 278 g/mol. The van der Waals surface area contributed by atoms with Gasteiger partial charge in [0.15, 0.2) is 5.84 Å². The largest absolute Gasteiger partial charge is 0.486 e. The molecule has 1 aromatic carbocycles. The smallest absolute Gasteiger partial charge is 0.237 e. The molecule has 1 aliphatic heterocycles. The first-order valence-electron chi connectivity index (χ1n) is 6.31. The lowest BCUT2D eigenvalue weighted by Gasteiger charge is -2.10. The number of amidine groups is 1. The van der Waals surface area contributed by atoms with Crippen molar-refractivity contribution in [3.8, 4) is 5.75 Å². The van der Waals surface area contributed by atoms with Crippen molar-refractivity contribution in [2.24, 2.45) is 10.9 Å². The molecule has 108 valence electrons. The van der Waals surface area contributed by atoms with Gasteiger partial charge in [0.25, 0.3) is 0 Å². The molecule has 4 N–H and O–H groups in total. The third kappa shape index (κ3) is 4.06. The first-order chi connectivity index (χ1) is 9.69. The summed E-state index contributed by atoms with van der Waals surface area (Å²) in [6.07, 6.45) is 2.04. The molecule has 0 bridgehead atoms. The number of hydrogen-bond acceptors (Lipinski definition) is 5. The van der Waals surface area contributed by atoms with Gasteiger partial charge in [0.05, 0.1) is 5.25 Å². The maximum Gasteiger partial charge on any atom is 0.237 e. The molecule has 1 aliphatic rings. The summed E-state index contributed by atoms with van der Waals surface area (Å²) in [7, 11) is 0. The molecule has 20 heavy (non-hydrogen) atoms. The lowest BCUT2D eigenvalue weighted by molar-refractivity contribution is -0.115. The molecule has 0 radical (unpaired) electrons. The van der Waals surface area contributed by atoms with Crippen LogP contribution in [0.1, 0.15) is 12.8 Å². The Balaban J connectivity index is 1.86. The lowest BCUT2D eigenvalue weighted by atomic mass is 10.2. The van der Waals surface area contributed by atoms with Crippen molar-refractivity contribution < 1.29 is 14.7 Å². The molecule has 0 aliphatic carbocycles. The van der Waals surface area contributed by atoms with Crippen LogP contribution in [0.25, 0.3) is 0 Å². The van der Waals surface area contributed by atoms with E-state index in [1.807, 2.05) is 0 Å². The summed E-state index contributed by atoms with van der Waals surface area (Å²) in [4.78, 5) is 11.9. The van der Waals surface area contributed by atoms with Crippen molar-refractivity contribution in [3.63, 3.8) is 0 Å². The summed E-state index contributed by atoms with van der Waals surface area (Å²) in [5, 5.41) is 14.2. The number of amides is 1. The summed E-state index contributed by atoms with van der Waals surface area (Å²) in [5.41, 5.74) is 6.04. The number of rotatable bonds is 5. The Labute approximate surface area is 121 Å². The number of nitrogens with zero attached hydrogens (tertiary/aromatic N) is 1. The lowest BCUT2D eigenvalue weighted by Crippen LogP contribution is -2.22. The van der Waals surface area contributed by atoms with Crippen LogP contribution >= 0.6 is 11.8 Å². The van der Waals surface area contributed by atoms with E-state index in [9.17, 15) is 4.79 Å². The van der Waals surface area contributed by atoms with Crippen LogP contribution in [0, 0.1) is 0 Å². The molecule has 7 heteroatoms. The van der Waals surface area contributed by atoms with Crippen LogP contribution in [0.15, 0.2) is 29.4 Å². The van der Waals surface area contributed by atoms with E-state index in [2.05, 4.69) is 10.5 Å². The predicted octanol–water partition coefficient (Wildman–Crippen LogP) is 1.65. The molecule has 0 spiro atoms. The highest BCUT2D eigenvalue weighted by Gasteiger charge is 2.23. The van der Waals surface area contributed by atoms with E-state index in [1.54, 1.807) is 36.0 Å². The molecule has 1 fully saturated rings. The minimum atomic E-state index is 0.000590. The number of oxime groups is 1. The minimum Gasteiger partial charge on any atom is -0.486 e. The van der Waals surface area contributed by atoms with Gasteiger partial charge in [-0.25, -0.2) is 0 Å². The summed E-state index contributed by atoms with van der Waals surface area (Å²) >= 11 is 1.70. The van der Waals surface area contributed by atoms with Crippen LogP contribution in [-0.4, -0.2) is 34.6 Å². The van der Waals surface area contributed by atoms with Crippen molar-refractivity contribution in [2.75, 3.05) is 17.7 Å². The molecule has 1 saturated heterocycles. The zero-order chi connectivity index (χ0) is 14.4. The Bertz CT molecular complexity index is 484. The van der Waals surface area contributed by atoms with Crippen LogP contribution in [0.4, 0.5) is 5.69 Å². The molecular formula is C13H17N3O3S. The fourth-order valence-electron chi connectivity index (χ4n) is 1.83. The van der Waals surface area contributed by atoms with Gasteiger partial charge in [-0.15, -0.1) is 11.8 Å². The van der Waals surface area contributed by atoms with Crippen LogP contribution in [0.3, 0.4) is 0 Å². The van der Waals surface area contributed by atoms with Gasteiger partial charge in [-0.3, -0.25) is 4.79 Å². The van der Waals surface area contributed by atoms with Crippen LogP contribution in [-0.2, 0) is 4.79 Å². The summed E-state index contributed by atoms with van der Waals surface area (Å²) in [6, 6.07) is 6.97. The van der Waals surface area contributed by atoms with E-state index in [-0.39, 0.29) is 23.6 Å². The third-order valence-corrected chi connectivity index (χ3v) is 4.24. The monoisotopic (exact) mass is 295 g/mol. The van der Waals surface area contributed by atoms with Crippen molar-refractivity contribution in [3.05, 3.63) is 24.3 Å². The van der Waals surface area contributed by atoms with Crippen LogP contribution in [0.2, 0.25) is 0 Å². The number of hydrogen-bond donors (Lipinski definition) is 3. The standard InChI is InChI=1S/C13H17N3O3S/c14-12(16-18)8-19-10-5-3-9(4-6-10)15-13(17)11-2-1-7-20-11/h3-6,11,18H,1-2,7-8H2,(H2,14,16)(H,15,17). The van der Waals surface area contributed by atoms with E-state index in [1.165, 1.54) is 0 Å². The second-order valence-electron chi connectivity index (χ2n) is 4.40. The number of thioether (sulfide) groups is 1. The van der Waals surface area contributed by atoms with E-state index < -0.39 is 0 Å². The molecule has 0 saturated carbocycles. The molecule has 1 atom stereocenters. The topological polar surface area (TPSA) is 96.9 Å². The van der Waals surface area contributed by atoms with Gasteiger partial charge in [0.1, 0.15) is 12.4 Å². The first-order valence-corrected chi connectivity index (χ1v) is 7.35. The predicted molar refractivity (Wildman–Crippen MR) is 79.5 cm³/mol. The minimum absolute atomic E-state index is 0.000590. The first kappa shape index (κ1) is 14.5. The summed E-state index contributed by atoms with van der Waals surface area (Å²) in [6.45, 7) is 0.0148. The Morgan fingerprint density at radius 2 is 2.25 bits per heavy atom. The van der Waals surface area contributed by atoms with Gasteiger partial charge in [0.2, 0.25) is 5.91 Å². The van der Waals surface area contributed by atoms with E-state index >= 15 is 0 Å². The summed E-state index contributed by atoms with van der Waals surface area (Å²) in [5.74, 6) is 1.70. The van der Waals surface area contributed by atoms with Gasteiger partial charge < -0.3 is 21.0 Å². The van der Waals surface area contributed by atoms with E-state index in [4.69, 9.17) is 15.7 Å². The Morgan fingerprint density at radius 3 is 2.85 bits per heavy atom. The fraction of sp³-hybridized carbons (Fsp3) is 0.385. The van der Waals surface area contributed by atoms with E-state index in [0.717, 1.165) is 24.3 Å². The molecule has 1 amide bonds. The van der Waals surface area contributed by atoms with Gasteiger partial charge in [0, 0.05) is 5.69 Å². The van der Waals surface area contributed by atoms with Crippen molar-refractivity contribution >= 4 is 29.2 Å². The SMILES string of the molecule is NC(COc1ccc(NC(=O)C2CCCS2)cc1)=NO. The molecule has 1 unspecified atom stereocenters. The van der Waals surface area contributed by atoms with E-state index in [0.29, 0.717) is 5.75 Å². The fourth-order valence-corrected chi connectivity index (χ4v) is 2.99. The highest BCUT2D eigenvalue weighted by Crippen LogP contribution is 2.27. The Kier molecular flexibility index (Phi) is 5.11. The van der Waals surface area contributed by atoms with Gasteiger partial charge in [-0.05, 0) is 42.9 Å². The maximum absolute atomic E-state index is 11.9. The Morgan fingerprint density at radius 1 is 1.50 bits per heavy atom. The zero-order valence-electron chi connectivity index (χ0n) is 10.9. The number of benzene rings is 1. The molecule has 1 heterocycles. The summed E-state index contributed by atoms with van der Waals surface area (Å²) < 4.78 is 5.29. The highest BCUT2D eigenvalue weighted by atomic mass is 32.2.